The van der Waals surface area contributed by atoms with E-state index in [4.69, 9.17) is 9.05 Å². The zero-order chi connectivity index (χ0) is 18.4. The first-order valence-corrected chi connectivity index (χ1v) is 9.71. The van der Waals surface area contributed by atoms with Gasteiger partial charge in [0.1, 0.15) is 11.5 Å². The molecule has 25 heavy (non-hydrogen) atoms. The predicted molar refractivity (Wildman–Crippen MR) is 102 cm³/mol. The molecule has 1 aliphatic rings. The second-order valence-corrected chi connectivity index (χ2v) is 9.45. The van der Waals surface area contributed by atoms with Crippen molar-refractivity contribution in [2.45, 2.75) is 58.8 Å². The average molecular weight is 360 g/mol. The normalized spacial score (nSPS) is 15.3. The van der Waals surface area contributed by atoms with Crippen LogP contribution in [0.25, 0.3) is 0 Å². The molecule has 2 aromatic carbocycles. The lowest BCUT2D eigenvalue weighted by Crippen LogP contribution is -2.17. The molecule has 0 radical (unpaired) electrons. The molecule has 2 aromatic rings. The molecule has 0 aromatic heterocycles. The Bertz CT molecular complexity index is 722. The molecule has 0 N–H and O–H groups in total. The van der Waals surface area contributed by atoms with Gasteiger partial charge in [-0.25, -0.2) is 0 Å². The fraction of sp³-hybridized carbons (Fsp3) is 0.429. The van der Waals surface area contributed by atoms with Gasteiger partial charge in [0.05, 0.1) is 0 Å². The summed E-state index contributed by atoms with van der Waals surface area (Å²) in [6.07, 6.45) is 0.668. The van der Waals surface area contributed by atoms with Crippen molar-refractivity contribution in [2.24, 2.45) is 0 Å². The molecule has 0 aliphatic carbocycles. The largest absolute Gasteiger partial charge is 0.505 e. The molecule has 134 valence electrons. The van der Waals surface area contributed by atoms with E-state index in [0.29, 0.717) is 17.9 Å². The molecular formula is C21H26FO2P. The lowest BCUT2D eigenvalue weighted by Gasteiger charge is -2.29. The van der Waals surface area contributed by atoms with Crippen molar-refractivity contribution >= 4 is 8.69 Å². The van der Waals surface area contributed by atoms with Crippen molar-refractivity contribution < 1.29 is 13.2 Å². The van der Waals surface area contributed by atoms with E-state index in [2.05, 4.69) is 41.5 Å². The summed E-state index contributed by atoms with van der Waals surface area (Å²) in [5.74, 6) is 1.27. The molecule has 0 saturated heterocycles. The molecular weight excluding hydrogens is 334 g/mol. The topological polar surface area (TPSA) is 18.5 Å². The molecule has 4 heteroatoms. The van der Waals surface area contributed by atoms with Crippen LogP contribution < -0.4 is 9.05 Å². The van der Waals surface area contributed by atoms with Gasteiger partial charge in [-0.2, -0.15) is 0 Å². The summed E-state index contributed by atoms with van der Waals surface area (Å²) in [6.45, 7) is 12.7. The number of fused-ring (bicyclic) bond motifs is 2. The van der Waals surface area contributed by atoms with Crippen molar-refractivity contribution in [1.29, 1.82) is 0 Å². The maximum Gasteiger partial charge on any atom is 0.505 e. The molecule has 1 heterocycles. The minimum Gasteiger partial charge on any atom is -0.414 e. The van der Waals surface area contributed by atoms with Gasteiger partial charge in [0, 0.05) is 17.5 Å². The number of hydrogen-bond donors (Lipinski definition) is 0. The number of hydrogen-bond acceptors (Lipinski definition) is 2. The van der Waals surface area contributed by atoms with Crippen LogP contribution in [0.15, 0.2) is 36.4 Å². The van der Waals surface area contributed by atoms with Crippen LogP contribution in [0.4, 0.5) is 4.20 Å². The Balaban J connectivity index is 2.17. The molecule has 0 unspecified atom stereocenters. The molecule has 0 bridgehead atoms. The third-order valence-corrected chi connectivity index (χ3v) is 5.17. The van der Waals surface area contributed by atoms with E-state index < -0.39 is 8.69 Å². The summed E-state index contributed by atoms with van der Waals surface area (Å²) in [7, 11) is -2.54. The molecule has 1 aliphatic heterocycles. The summed E-state index contributed by atoms with van der Waals surface area (Å²) in [6, 6.07) is 12.1. The van der Waals surface area contributed by atoms with Crippen LogP contribution >= 0.6 is 8.69 Å². The third kappa shape index (κ3) is 3.67. The molecule has 2 nitrogen and oxygen atoms in total. The maximum atomic E-state index is 14.7. The predicted octanol–water partition coefficient (Wildman–Crippen LogP) is 6.84. The summed E-state index contributed by atoms with van der Waals surface area (Å²) in [5, 5.41) is 0. The summed E-state index contributed by atoms with van der Waals surface area (Å²) in [4.78, 5) is 0. The van der Waals surface area contributed by atoms with E-state index in [-0.39, 0.29) is 10.8 Å². The van der Waals surface area contributed by atoms with Gasteiger partial charge >= 0.3 is 8.69 Å². The number of benzene rings is 2. The van der Waals surface area contributed by atoms with Gasteiger partial charge in [-0.05, 0) is 22.0 Å². The fourth-order valence-corrected chi connectivity index (χ4v) is 3.97. The van der Waals surface area contributed by atoms with Gasteiger partial charge in [-0.3, -0.25) is 0 Å². The van der Waals surface area contributed by atoms with Crippen LogP contribution in [0, 0.1) is 0 Å². The Morgan fingerprint density at radius 3 is 1.52 bits per heavy atom. The Kier molecular flexibility index (Phi) is 4.58. The van der Waals surface area contributed by atoms with Gasteiger partial charge in [0.15, 0.2) is 0 Å². The zero-order valence-corrected chi connectivity index (χ0v) is 16.7. The Hall–Kier alpha value is -1.60. The van der Waals surface area contributed by atoms with Crippen molar-refractivity contribution in [3.8, 4) is 11.5 Å². The molecule has 0 atom stereocenters. The quantitative estimate of drug-likeness (QED) is 0.479. The third-order valence-electron chi connectivity index (χ3n) is 4.52. The van der Waals surface area contributed by atoms with Crippen molar-refractivity contribution in [3.05, 3.63) is 58.7 Å². The fourth-order valence-electron chi connectivity index (χ4n) is 3.21. The SMILES string of the molecule is CC(C)(C)c1cccc2c1OP(F)Oc1c(cccc1C(C)(C)C)C2. The number of rotatable bonds is 0. The number of halogens is 1. The highest BCUT2D eigenvalue weighted by Gasteiger charge is 2.31. The van der Waals surface area contributed by atoms with Gasteiger partial charge in [0.25, 0.3) is 0 Å². The highest BCUT2D eigenvalue weighted by Crippen LogP contribution is 2.51. The first kappa shape index (κ1) is 18.2. The minimum absolute atomic E-state index is 0.128. The van der Waals surface area contributed by atoms with Crippen LogP contribution in [-0.2, 0) is 17.3 Å². The minimum atomic E-state index is -2.54. The zero-order valence-electron chi connectivity index (χ0n) is 15.8. The highest BCUT2D eigenvalue weighted by atomic mass is 31.2. The highest BCUT2D eigenvalue weighted by molar-refractivity contribution is 7.42. The van der Waals surface area contributed by atoms with Crippen molar-refractivity contribution in [1.82, 2.24) is 0 Å². The van der Waals surface area contributed by atoms with E-state index in [1.165, 1.54) is 0 Å². The second kappa shape index (κ2) is 6.29. The molecule has 0 fully saturated rings. The van der Waals surface area contributed by atoms with Crippen LogP contribution in [0.2, 0.25) is 0 Å². The van der Waals surface area contributed by atoms with E-state index in [1.54, 1.807) is 0 Å². The van der Waals surface area contributed by atoms with Crippen LogP contribution in [0.5, 0.6) is 11.5 Å². The Labute approximate surface area is 151 Å². The van der Waals surface area contributed by atoms with Gasteiger partial charge in [0.2, 0.25) is 0 Å². The van der Waals surface area contributed by atoms with Crippen molar-refractivity contribution in [2.75, 3.05) is 0 Å². The van der Waals surface area contributed by atoms with Gasteiger partial charge in [-0.15, -0.1) is 4.20 Å². The average Bonchev–Trinajstić information content (AvgIpc) is 2.46. The standard InChI is InChI=1S/C21H26FO2P/c1-20(2,3)16-11-7-9-14-13-15-10-8-12-17(21(4,5)6)19(15)24-25(22)23-18(14)16/h7-12H,13H2,1-6H3. The van der Waals surface area contributed by atoms with Gasteiger partial charge < -0.3 is 9.05 Å². The maximum absolute atomic E-state index is 14.7. The molecule has 0 spiro atoms. The van der Waals surface area contributed by atoms with E-state index in [9.17, 15) is 4.20 Å². The van der Waals surface area contributed by atoms with E-state index in [1.807, 2.05) is 36.4 Å². The van der Waals surface area contributed by atoms with E-state index >= 15 is 0 Å². The first-order valence-electron chi connectivity index (χ1n) is 8.64. The van der Waals surface area contributed by atoms with Gasteiger partial charge in [-0.1, -0.05) is 77.9 Å². The Morgan fingerprint density at radius 2 is 1.16 bits per heavy atom. The van der Waals surface area contributed by atoms with Crippen LogP contribution in [0.3, 0.4) is 0 Å². The lowest BCUT2D eigenvalue weighted by atomic mass is 9.83. The number of para-hydroxylation sites is 2. The summed E-state index contributed by atoms with van der Waals surface area (Å²) < 4.78 is 26.1. The second-order valence-electron chi connectivity index (χ2n) is 8.66. The lowest BCUT2D eigenvalue weighted by molar-refractivity contribution is 0.411. The first-order chi connectivity index (χ1) is 11.6. The molecule has 0 amide bonds. The monoisotopic (exact) mass is 360 g/mol. The van der Waals surface area contributed by atoms with Crippen molar-refractivity contribution in [3.63, 3.8) is 0 Å². The van der Waals surface area contributed by atoms with Crippen LogP contribution in [-0.4, -0.2) is 0 Å². The summed E-state index contributed by atoms with van der Waals surface area (Å²) in [5.41, 5.74) is 3.78. The molecule has 0 saturated carbocycles. The van der Waals surface area contributed by atoms with Crippen LogP contribution in [0.1, 0.15) is 63.8 Å². The summed E-state index contributed by atoms with van der Waals surface area (Å²) >= 11 is 0. The smallest absolute Gasteiger partial charge is 0.414 e. The Morgan fingerprint density at radius 1 is 0.760 bits per heavy atom. The van der Waals surface area contributed by atoms with E-state index in [0.717, 1.165) is 22.3 Å². The molecule has 3 rings (SSSR count).